The van der Waals surface area contributed by atoms with Crippen LogP contribution in [-0.4, -0.2) is 24.3 Å². The summed E-state index contributed by atoms with van der Waals surface area (Å²) in [6.45, 7) is 2.02. The number of rotatable bonds is 4. The first-order valence-corrected chi connectivity index (χ1v) is 4.93. The van der Waals surface area contributed by atoms with Crippen molar-refractivity contribution >= 4 is 5.97 Å². The van der Waals surface area contributed by atoms with E-state index in [0.29, 0.717) is 0 Å². The smallest absolute Gasteiger partial charge is 0.312 e. The first kappa shape index (κ1) is 10.5. The van der Waals surface area contributed by atoms with Gasteiger partial charge in [0.15, 0.2) is 0 Å². The number of hydrogen-bond acceptors (Lipinski definition) is 2. The number of methoxy groups -OCH3 is 1. The molecular formula is C10H18O3. The van der Waals surface area contributed by atoms with Crippen LogP contribution in [-0.2, 0) is 9.53 Å². The maximum absolute atomic E-state index is 11.2. The van der Waals surface area contributed by atoms with Crippen LogP contribution in [0.25, 0.3) is 0 Å². The van der Waals surface area contributed by atoms with Gasteiger partial charge in [-0.25, -0.2) is 0 Å². The van der Waals surface area contributed by atoms with Crippen molar-refractivity contribution in [2.24, 2.45) is 5.41 Å². The lowest BCUT2D eigenvalue weighted by atomic mass is 9.80. The summed E-state index contributed by atoms with van der Waals surface area (Å²) in [7, 11) is 1.61. The number of carboxylic acid groups (broad SMARTS) is 1. The van der Waals surface area contributed by atoms with Crippen molar-refractivity contribution in [3.8, 4) is 0 Å². The van der Waals surface area contributed by atoms with Gasteiger partial charge >= 0.3 is 5.97 Å². The maximum atomic E-state index is 11.2. The van der Waals surface area contributed by atoms with Gasteiger partial charge in [-0.1, -0.05) is 13.3 Å². The van der Waals surface area contributed by atoms with Crippen LogP contribution in [0.5, 0.6) is 0 Å². The Morgan fingerprint density at radius 2 is 2.38 bits per heavy atom. The number of hydrogen-bond donors (Lipinski definition) is 1. The molecule has 76 valence electrons. The standard InChI is InChI=1S/C10H18O3/c1-3-6-10(9(11)12)7-4-5-8(10)13-2/h8H,3-7H2,1-2H3,(H,11,12). The Balaban J connectivity index is 2.81. The molecule has 3 heteroatoms. The Morgan fingerprint density at radius 1 is 1.69 bits per heavy atom. The Bertz CT molecular complexity index is 191. The highest BCUT2D eigenvalue weighted by Gasteiger charge is 2.48. The minimum Gasteiger partial charge on any atom is -0.481 e. The summed E-state index contributed by atoms with van der Waals surface area (Å²) in [5, 5.41) is 9.22. The summed E-state index contributed by atoms with van der Waals surface area (Å²) in [5.74, 6) is -0.682. The molecule has 2 atom stereocenters. The van der Waals surface area contributed by atoms with Gasteiger partial charge in [-0.2, -0.15) is 0 Å². The first-order chi connectivity index (χ1) is 6.17. The van der Waals surface area contributed by atoms with E-state index in [-0.39, 0.29) is 6.10 Å². The monoisotopic (exact) mass is 186 g/mol. The van der Waals surface area contributed by atoms with Crippen molar-refractivity contribution in [2.45, 2.75) is 45.1 Å². The molecule has 0 radical (unpaired) electrons. The van der Waals surface area contributed by atoms with E-state index in [0.717, 1.165) is 32.1 Å². The van der Waals surface area contributed by atoms with Gasteiger partial charge in [0, 0.05) is 7.11 Å². The van der Waals surface area contributed by atoms with Crippen LogP contribution < -0.4 is 0 Å². The SMILES string of the molecule is CCCC1(C(=O)O)CCCC1OC. The van der Waals surface area contributed by atoms with E-state index < -0.39 is 11.4 Å². The van der Waals surface area contributed by atoms with Crippen molar-refractivity contribution < 1.29 is 14.6 Å². The van der Waals surface area contributed by atoms with Gasteiger partial charge < -0.3 is 9.84 Å². The van der Waals surface area contributed by atoms with Gasteiger partial charge in [0.1, 0.15) is 0 Å². The Hall–Kier alpha value is -0.570. The van der Waals surface area contributed by atoms with Crippen molar-refractivity contribution in [3.05, 3.63) is 0 Å². The topological polar surface area (TPSA) is 46.5 Å². The zero-order valence-electron chi connectivity index (χ0n) is 8.38. The van der Waals surface area contributed by atoms with E-state index in [2.05, 4.69) is 0 Å². The van der Waals surface area contributed by atoms with Gasteiger partial charge in [0.05, 0.1) is 11.5 Å². The lowest BCUT2D eigenvalue weighted by Crippen LogP contribution is -2.39. The van der Waals surface area contributed by atoms with E-state index in [9.17, 15) is 9.90 Å². The molecule has 0 saturated heterocycles. The highest BCUT2D eigenvalue weighted by atomic mass is 16.5. The van der Waals surface area contributed by atoms with Crippen molar-refractivity contribution in [3.63, 3.8) is 0 Å². The predicted molar refractivity (Wildman–Crippen MR) is 49.6 cm³/mol. The molecule has 1 rings (SSSR count). The van der Waals surface area contributed by atoms with Gasteiger partial charge in [0.2, 0.25) is 0 Å². The minimum absolute atomic E-state index is 0.0788. The lowest BCUT2D eigenvalue weighted by Gasteiger charge is -2.29. The summed E-state index contributed by atoms with van der Waals surface area (Å²) in [6.07, 6.45) is 4.21. The average molecular weight is 186 g/mol. The van der Waals surface area contributed by atoms with Gasteiger partial charge in [-0.15, -0.1) is 0 Å². The lowest BCUT2D eigenvalue weighted by molar-refractivity contribution is -0.156. The van der Waals surface area contributed by atoms with E-state index in [1.807, 2.05) is 6.92 Å². The molecule has 1 aliphatic rings. The molecule has 0 spiro atoms. The molecule has 1 aliphatic carbocycles. The zero-order valence-corrected chi connectivity index (χ0v) is 8.38. The highest BCUT2D eigenvalue weighted by Crippen LogP contribution is 2.43. The van der Waals surface area contributed by atoms with E-state index in [4.69, 9.17) is 4.74 Å². The molecule has 0 aromatic carbocycles. The second-order valence-corrected chi connectivity index (χ2v) is 3.83. The van der Waals surface area contributed by atoms with Gasteiger partial charge in [0.25, 0.3) is 0 Å². The van der Waals surface area contributed by atoms with E-state index in [1.54, 1.807) is 7.11 Å². The Labute approximate surface area is 79.1 Å². The van der Waals surface area contributed by atoms with Crippen LogP contribution in [0.1, 0.15) is 39.0 Å². The molecule has 0 aromatic rings. The summed E-state index contributed by atoms with van der Waals surface area (Å²) in [5.41, 5.74) is -0.594. The molecule has 0 aliphatic heterocycles. The second-order valence-electron chi connectivity index (χ2n) is 3.83. The van der Waals surface area contributed by atoms with Crippen molar-refractivity contribution in [1.29, 1.82) is 0 Å². The summed E-state index contributed by atoms with van der Waals surface area (Å²) >= 11 is 0. The summed E-state index contributed by atoms with van der Waals surface area (Å²) < 4.78 is 5.26. The number of carbonyl (C=O) groups is 1. The summed E-state index contributed by atoms with van der Waals surface area (Å²) in [4.78, 5) is 11.2. The fourth-order valence-corrected chi connectivity index (χ4v) is 2.47. The first-order valence-electron chi connectivity index (χ1n) is 4.93. The van der Waals surface area contributed by atoms with Crippen LogP contribution in [0.2, 0.25) is 0 Å². The third-order valence-electron chi connectivity index (χ3n) is 3.11. The van der Waals surface area contributed by atoms with Crippen LogP contribution in [0, 0.1) is 5.41 Å². The molecule has 0 aromatic heterocycles. The normalized spacial score (nSPS) is 33.5. The average Bonchev–Trinajstić information content (AvgIpc) is 2.49. The van der Waals surface area contributed by atoms with Gasteiger partial charge in [-0.3, -0.25) is 4.79 Å². The fourth-order valence-electron chi connectivity index (χ4n) is 2.47. The molecule has 1 saturated carbocycles. The van der Waals surface area contributed by atoms with Crippen LogP contribution in [0.4, 0.5) is 0 Å². The van der Waals surface area contributed by atoms with E-state index in [1.165, 1.54) is 0 Å². The molecule has 3 nitrogen and oxygen atoms in total. The van der Waals surface area contributed by atoms with Crippen LogP contribution in [0.3, 0.4) is 0 Å². The highest BCUT2D eigenvalue weighted by molar-refractivity contribution is 5.75. The van der Waals surface area contributed by atoms with Crippen molar-refractivity contribution in [2.75, 3.05) is 7.11 Å². The minimum atomic E-state index is -0.682. The second kappa shape index (κ2) is 4.09. The van der Waals surface area contributed by atoms with E-state index >= 15 is 0 Å². The number of aliphatic carboxylic acids is 1. The number of ether oxygens (including phenoxy) is 1. The summed E-state index contributed by atoms with van der Waals surface area (Å²) in [6, 6.07) is 0. The largest absolute Gasteiger partial charge is 0.481 e. The molecule has 1 fully saturated rings. The quantitative estimate of drug-likeness (QED) is 0.731. The molecule has 0 bridgehead atoms. The third-order valence-corrected chi connectivity index (χ3v) is 3.11. The maximum Gasteiger partial charge on any atom is 0.312 e. The fraction of sp³-hybridized carbons (Fsp3) is 0.900. The Morgan fingerprint density at radius 3 is 2.85 bits per heavy atom. The van der Waals surface area contributed by atoms with Gasteiger partial charge in [-0.05, 0) is 25.7 Å². The molecule has 0 amide bonds. The molecule has 13 heavy (non-hydrogen) atoms. The van der Waals surface area contributed by atoms with Crippen LogP contribution >= 0.6 is 0 Å². The molecule has 0 heterocycles. The zero-order chi connectivity index (χ0) is 9.90. The molecular weight excluding hydrogens is 168 g/mol. The Kier molecular flexibility index (Phi) is 3.31. The van der Waals surface area contributed by atoms with Crippen LogP contribution in [0.15, 0.2) is 0 Å². The molecule has 1 N–H and O–H groups in total. The van der Waals surface area contributed by atoms with Crippen molar-refractivity contribution in [1.82, 2.24) is 0 Å². The third kappa shape index (κ3) is 1.70. The number of carboxylic acids is 1. The molecule has 2 unspecified atom stereocenters. The predicted octanol–water partition coefficient (Wildman–Crippen LogP) is 2.06.